The first-order valence-electron chi connectivity index (χ1n) is 8.10. The molecule has 0 atom stereocenters. The summed E-state index contributed by atoms with van der Waals surface area (Å²) >= 11 is 0. The summed E-state index contributed by atoms with van der Waals surface area (Å²) in [6.45, 7) is 1.05. The average molecular weight is 335 g/mol. The number of anilines is 1. The van der Waals surface area contributed by atoms with E-state index in [-0.39, 0.29) is 5.91 Å². The fourth-order valence-corrected chi connectivity index (χ4v) is 2.44. The van der Waals surface area contributed by atoms with Crippen molar-refractivity contribution in [3.8, 4) is 0 Å². The molecule has 128 valence electrons. The molecule has 1 aromatic heterocycles. The Morgan fingerprint density at radius 3 is 2.44 bits per heavy atom. The first-order valence-corrected chi connectivity index (χ1v) is 8.10. The van der Waals surface area contributed by atoms with E-state index in [0.29, 0.717) is 18.8 Å². The normalized spacial score (nSPS) is 10.5. The third kappa shape index (κ3) is 4.44. The standard InChI is InChI=1S/C19H21N5O/c1-23(2)17-10-8-15(9-11-17)12-20-19(25)18-14-24(22-21-18)13-16-6-4-3-5-7-16/h3-11,14H,12-13H2,1-2H3,(H,20,25). The van der Waals surface area contributed by atoms with Crippen molar-refractivity contribution in [1.82, 2.24) is 20.3 Å². The molecule has 3 aromatic rings. The van der Waals surface area contributed by atoms with E-state index in [4.69, 9.17) is 0 Å². The topological polar surface area (TPSA) is 63.1 Å². The second-order valence-corrected chi connectivity index (χ2v) is 6.03. The molecule has 0 saturated carbocycles. The van der Waals surface area contributed by atoms with E-state index in [0.717, 1.165) is 16.8 Å². The number of amides is 1. The molecule has 0 saturated heterocycles. The van der Waals surface area contributed by atoms with Gasteiger partial charge in [-0.15, -0.1) is 5.10 Å². The zero-order valence-corrected chi connectivity index (χ0v) is 14.4. The van der Waals surface area contributed by atoms with Crippen molar-refractivity contribution in [1.29, 1.82) is 0 Å². The van der Waals surface area contributed by atoms with E-state index in [9.17, 15) is 4.79 Å². The van der Waals surface area contributed by atoms with Crippen LogP contribution in [0.25, 0.3) is 0 Å². The third-order valence-electron chi connectivity index (χ3n) is 3.86. The summed E-state index contributed by atoms with van der Waals surface area (Å²) in [6, 6.07) is 18.0. The molecular weight excluding hydrogens is 314 g/mol. The van der Waals surface area contributed by atoms with Crippen LogP contribution in [-0.2, 0) is 13.1 Å². The van der Waals surface area contributed by atoms with Crippen LogP contribution in [0.2, 0.25) is 0 Å². The Hall–Kier alpha value is -3.15. The highest BCUT2D eigenvalue weighted by Crippen LogP contribution is 2.12. The molecule has 6 nitrogen and oxygen atoms in total. The van der Waals surface area contributed by atoms with Crippen LogP contribution in [0.4, 0.5) is 5.69 Å². The number of nitrogens with one attached hydrogen (secondary N) is 1. The predicted octanol–water partition coefficient (Wildman–Crippen LogP) is 2.32. The number of hydrogen-bond donors (Lipinski definition) is 1. The van der Waals surface area contributed by atoms with E-state index >= 15 is 0 Å². The molecule has 0 bridgehead atoms. The maximum atomic E-state index is 12.2. The quantitative estimate of drug-likeness (QED) is 0.751. The molecular formula is C19H21N5O. The summed E-state index contributed by atoms with van der Waals surface area (Å²) in [7, 11) is 3.99. The van der Waals surface area contributed by atoms with Crippen molar-refractivity contribution < 1.29 is 4.79 Å². The van der Waals surface area contributed by atoms with Gasteiger partial charge in [-0.2, -0.15) is 0 Å². The summed E-state index contributed by atoms with van der Waals surface area (Å²) in [4.78, 5) is 14.3. The Morgan fingerprint density at radius 1 is 1.04 bits per heavy atom. The van der Waals surface area contributed by atoms with Gasteiger partial charge in [-0.25, -0.2) is 4.68 Å². The second-order valence-electron chi connectivity index (χ2n) is 6.03. The molecule has 2 aromatic carbocycles. The van der Waals surface area contributed by atoms with Crippen LogP contribution in [0.1, 0.15) is 21.6 Å². The van der Waals surface area contributed by atoms with E-state index in [2.05, 4.69) is 15.6 Å². The predicted molar refractivity (Wildman–Crippen MR) is 97.5 cm³/mol. The first-order chi connectivity index (χ1) is 12.1. The summed E-state index contributed by atoms with van der Waals surface area (Å²) in [5.74, 6) is -0.226. The monoisotopic (exact) mass is 335 g/mol. The number of nitrogens with zero attached hydrogens (tertiary/aromatic N) is 4. The minimum Gasteiger partial charge on any atom is -0.378 e. The number of aromatic nitrogens is 3. The Balaban J connectivity index is 1.56. The Morgan fingerprint density at radius 2 is 1.76 bits per heavy atom. The molecule has 1 heterocycles. The van der Waals surface area contributed by atoms with Gasteiger partial charge in [0.05, 0.1) is 12.7 Å². The van der Waals surface area contributed by atoms with E-state index in [1.54, 1.807) is 10.9 Å². The molecule has 0 aliphatic carbocycles. The molecule has 1 N–H and O–H groups in total. The van der Waals surface area contributed by atoms with Crippen LogP contribution < -0.4 is 10.2 Å². The zero-order valence-electron chi connectivity index (χ0n) is 14.4. The lowest BCUT2D eigenvalue weighted by atomic mass is 10.2. The van der Waals surface area contributed by atoms with Gasteiger partial charge in [-0.05, 0) is 23.3 Å². The van der Waals surface area contributed by atoms with Gasteiger partial charge in [0.15, 0.2) is 5.69 Å². The highest BCUT2D eigenvalue weighted by molar-refractivity contribution is 5.91. The van der Waals surface area contributed by atoms with E-state index in [1.165, 1.54) is 0 Å². The number of rotatable bonds is 6. The lowest BCUT2D eigenvalue weighted by Gasteiger charge is -2.12. The van der Waals surface area contributed by atoms with Crippen molar-refractivity contribution in [3.05, 3.63) is 77.6 Å². The van der Waals surface area contributed by atoms with Crippen LogP contribution in [-0.4, -0.2) is 35.0 Å². The van der Waals surface area contributed by atoms with Crippen LogP contribution in [0, 0.1) is 0 Å². The summed E-state index contributed by atoms with van der Waals surface area (Å²) in [5.41, 5.74) is 3.59. The number of carbonyl (C=O) groups excluding carboxylic acids is 1. The summed E-state index contributed by atoms with van der Waals surface area (Å²) in [5, 5.41) is 10.8. The van der Waals surface area contributed by atoms with Gasteiger partial charge in [0, 0.05) is 26.3 Å². The number of benzene rings is 2. The van der Waals surface area contributed by atoms with E-state index < -0.39 is 0 Å². The molecule has 25 heavy (non-hydrogen) atoms. The van der Waals surface area contributed by atoms with Crippen LogP contribution in [0.5, 0.6) is 0 Å². The second kappa shape index (κ2) is 7.61. The maximum Gasteiger partial charge on any atom is 0.273 e. The van der Waals surface area contributed by atoms with Crippen molar-refractivity contribution in [2.24, 2.45) is 0 Å². The summed E-state index contributed by atoms with van der Waals surface area (Å²) < 4.78 is 1.66. The van der Waals surface area contributed by atoms with Crippen molar-refractivity contribution in [2.45, 2.75) is 13.1 Å². The summed E-state index contributed by atoms with van der Waals surface area (Å²) in [6.07, 6.45) is 1.66. The molecule has 0 radical (unpaired) electrons. The fraction of sp³-hybridized carbons (Fsp3) is 0.211. The first kappa shape index (κ1) is 16.7. The highest BCUT2D eigenvalue weighted by atomic mass is 16.2. The zero-order chi connectivity index (χ0) is 17.6. The molecule has 0 spiro atoms. The molecule has 6 heteroatoms. The third-order valence-corrected chi connectivity index (χ3v) is 3.86. The van der Waals surface area contributed by atoms with Gasteiger partial charge in [-0.3, -0.25) is 4.79 Å². The van der Waals surface area contributed by atoms with Crippen LogP contribution >= 0.6 is 0 Å². The Bertz CT molecular complexity index is 825. The van der Waals surface area contributed by atoms with Crippen LogP contribution in [0.3, 0.4) is 0 Å². The largest absolute Gasteiger partial charge is 0.378 e. The molecule has 0 aliphatic rings. The van der Waals surface area contributed by atoms with Gasteiger partial charge in [0.25, 0.3) is 5.91 Å². The molecule has 3 rings (SSSR count). The van der Waals surface area contributed by atoms with Gasteiger partial charge in [0.1, 0.15) is 0 Å². The van der Waals surface area contributed by atoms with Crippen molar-refractivity contribution in [3.63, 3.8) is 0 Å². The van der Waals surface area contributed by atoms with Gasteiger partial charge < -0.3 is 10.2 Å². The van der Waals surface area contributed by atoms with Crippen molar-refractivity contribution in [2.75, 3.05) is 19.0 Å². The van der Waals surface area contributed by atoms with Gasteiger partial charge in [-0.1, -0.05) is 47.7 Å². The molecule has 1 amide bonds. The SMILES string of the molecule is CN(C)c1ccc(CNC(=O)c2cn(Cc3ccccc3)nn2)cc1. The lowest BCUT2D eigenvalue weighted by molar-refractivity contribution is 0.0946. The van der Waals surface area contributed by atoms with Crippen LogP contribution in [0.15, 0.2) is 60.8 Å². The minimum atomic E-state index is -0.226. The Kier molecular flexibility index (Phi) is 5.09. The number of hydrogen-bond acceptors (Lipinski definition) is 4. The van der Waals surface area contributed by atoms with E-state index in [1.807, 2.05) is 73.6 Å². The molecule has 0 aliphatic heterocycles. The fourth-order valence-electron chi connectivity index (χ4n) is 2.44. The average Bonchev–Trinajstić information content (AvgIpc) is 3.09. The smallest absolute Gasteiger partial charge is 0.273 e. The van der Waals surface area contributed by atoms with Crippen molar-refractivity contribution >= 4 is 11.6 Å². The molecule has 0 unspecified atom stereocenters. The highest BCUT2D eigenvalue weighted by Gasteiger charge is 2.10. The maximum absolute atomic E-state index is 12.2. The van der Waals surface area contributed by atoms with Gasteiger partial charge >= 0.3 is 0 Å². The minimum absolute atomic E-state index is 0.226. The van der Waals surface area contributed by atoms with Gasteiger partial charge in [0.2, 0.25) is 0 Å². The lowest BCUT2D eigenvalue weighted by Crippen LogP contribution is -2.23. The molecule has 0 fully saturated rings. The Labute approximate surface area is 147 Å². The number of carbonyl (C=O) groups is 1.